The molecular weight excluding hydrogens is 388 g/mol. The zero-order valence-corrected chi connectivity index (χ0v) is 17.6. The largest absolute Gasteiger partial charge is 0.325 e. The third-order valence-corrected chi connectivity index (χ3v) is 5.72. The average Bonchev–Trinajstić information content (AvgIpc) is 2.79. The first kappa shape index (κ1) is 20.8. The first-order valence-electron chi connectivity index (χ1n) is 10.5. The monoisotopic (exact) mass is 414 g/mol. The second kappa shape index (κ2) is 9.10. The van der Waals surface area contributed by atoms with Crippen molar-refractivity contribution in [3.05, 3.63) is 67.4 Å². The van der Waals surface area contributed by atoms with Crippen molar-refractivity contribution in [2.24, 2.45) is 5.92 Å². The zero-order valence-electron chi connectivity index (χ0n) is 17.6. The number of carbonyl (C=O) groups excluding carboxylic acids is 2. The number of fused-ring (bicyclic) bond motifs is 1. The third kappa shape index (κ3) is 4.81. The lowest BCUT2D eigenvalue weighted by Gasteiger charge is -2.28. The summed E-state index contributed by atoms with van der Waals surface area (Å²) in [6, 6.07) is 15.3. The van der Waals surface area contributed by atoms with Crippen LogP contribution in [0, 0.1) is 5.92 Å². The fourth-order valence-electron chi connectivity index (χ4n) is 3.89. The number of hydrogen-bond donors (Lipinski definition) is 2. The highest BCUT2D eigenvalue weighted by atomic mass is 16.2. The summed E-state index contributed by atoms with van der Waals surface area (Å²) >= 11 is 0. The lowest BCUT2D eigenvalue weighted by atomic mass is 9.96. The van der Waals surface area contributed by atoms with E-state index in [0.717, 1.165) is 53.6 Å². The molecule has 0 bridgehead atoms. The summed E-state index contributed by atoms with van der Waals surface area (Å²) in [6.45, 7) is 5.37. The smallest absolute Gasteiger partial charge is 0.247 e. The summed E-state index contributed by atoms with van der Waals surface area (Å²) in [5.74, 6) is -0.145. The number of likely N-dealkylation sites (tertiary alicyclic amines) is 1. The summed E-state index contributed by atoms with van der Waals surface area (Å²) in [5, 5.41) is 7.81. The summed E-state index contributed by atoms with van der Waals surface area (Å²) in [7, 11) is 2.09. The predicted octanol–water partition coefficient (Wildman–Crippen LogP) is 4.31. The number of nitrogens with one attached hydrogen (secondary N) is 2. The number of hydrogen-bond acceptors (Lipinski definition) is 4. The highest BCUT2D eigenvalue weighted by Gasteiger charge is 2.23. The number of carbonyl (C=O) groups is 2. The quantitative estimate of drug-likeness (QED) is 0.610. The number of piperidine rings is 1. The van der Waals surface area contributed by atoms with E-state index >= 15 is 0 Å². The first-order valence-corrected chi connectivity index (χ1v) is 10.5. The molecule has 3 aromatic rings. The molecule has 1 aromatic heterocycles. The summed E-state index contributed by atoms with van der Waals surface area (Å²) in [5.41, 5.74) is 3.11. The van der Waals surface area contributed by atoms with Crippen molar-refractivity contribution in [1.82, 2.24) is 9.88 Å². The maximum Gasteiger partial charge on any atom is 0.247 e. The molecule has 0 aliphatic carbocycles. The molecule has 0 unspecified atom stereocenters. The lowest BCUT2D eigenvalue weighted by molar-refractivity contribution is -0.121. The highest BCUT2D eigenvalue weighted by molar-refractivity contribution is 6.03. The number of pyridine rings is 1. The van der Waals surface area contributed by atoms with Gasteiger partial charge in [-0.2, -0.15) is 0 Å². The molecule has 31 heavy (non-hydrogen) atoms. The Morgan fingerprint density at radius 2 is 1.87 bits per heavy atom. The third-order valence-electron chi connectivity index (χ3n) is 5.72. The molecule has 2 aromatic carbocycles. The molecule has 1 aliphatic heterocycles. The van der Waals surface area contributed by atoms with Crippen LogP contribution in [0.3, 0.4) is 0 Å². The number of rotatable bonds is 5. The maximum atomic E-state index is 12.9. The molecule has 4 rings (SSSR count). The van der Waals surface area contributed by atoms with E-state index in [0.29, 0.717) is 5.69 Å². The Balaban J connectivity index is 1.62. The Kier molecular flexibility index (Phi) is 6.09. The Bertz CT molecular complexity index is 1130. The van der Waals surface area contributed by atoms with Gasteiger partial charge in [-0.1, -0.05) is 30.8 Å². The van der Waals surface area contributed by atoms with Crippen molar-refractivity contribution in [2.45, 2.75) is 12.8 Å². The summed E-state index contributed by atoms with van der Waals surface area (Å²) < 4.78 is 0. The van der Waals surface area contributed by atoms with Crippen LogP contribution in [0.1, 0.15) is 12.8 Å². The molecule has 158 valence electrons. The van der Waals surface area contributed by atoms with Crippen molar-refractivity contribution in [2.75, 3.05) is 30.8 Å². The molecule has 2 heterocycles. The molecule has 1 fully saturated rings. The van der Waals surface area contributed by atoms with Gasteiger partial charge in [0.15, 0.2) is 0 Å². The maximum absolute atomic E-state index is 12.9. The molecule has 6 nitrogen and oxygen atoms in total. The Morgan fingerprint density at radius 1 is 1.10 bits per heavy atom. The van der Waals surface area contributed by atoms with Crippen LogP contribution in [0.15, 0.2) is 67.4 Å². The molecule has 0 saturated carbocycles. The number of amides is 2. The summed E-state index contributed by atoms with van der Waals surface area (Å²) in [6.07, 6.45) is 4.80. The van der Waals surface area contributed by atoms with Crippen LogP contribution < -0.4 is 10.6 Å². The number of anilines is 2. The van der Waals surface area contributed by atoms with Crippen molar-refractivity contribution in [3.8, 4) is 11.3 Å². The number of aromatic nitrogens is 1. The van der Waals surface area contributed by atoms with E-state index in [9.17, 15) is 9.59 Å². The van der Waals surface area contributed by atoms with Gasteiger partial charge in [0, 0.05) is 39.8 Å². The molecule has 0 radical (unpaired) electrons. The topological polar surface area (TPSA) is 74.3 Å². The second-order valence-electron chi connectivity index (χ2n) is 7.94. The van der Waals surface area contributed by atoms with Gasteiger partial charge in [-0.25, -0.2) is 0 Å². The standard InChI is InChI=1S/C25H26N4O2/c1-3-24(30)27-20-8-4-6-18(14-20)23-15-21-19(16-26-23)7-5-9-22(21)28-25(31)17-10-12-29(2)13-11-17/h3-9,14-17H,1,10-13H2,2H3,(H,27,30)(H,28,31). The average molecular weight is 415 g/mol. The van der Waals surface area contributed by atoms with Crippen molar-refractivity contribution in [1.29, 1.82) is 0 Å². The van der Waals surface area contributed by atoms with Gasteiger partial charge in [0.1, 0.15) is 0 Å². The van der Waals surface area contributed by atoms with E-state index in [-0.39, 0.29) is 17.7 Å². The van der Waals surface area contributed by atoms with Crippen LogP contribution in [0.5, 0.6) is 0 Å². The van der Waals surface area contributed by atoms with Gasteiger partial charge >= 0.3 is 0 Å². The van der Waals surface area contributed by atoms with E-state index in [2.05, 4.69) is 34.1 Å². The van der Waals surface area contributed by atoms with E-state index in [1.54, 1.807) is 0 Å². The van der Waals surface area contributed by atoms with Gasteiger partial charge < -0.3 is 15.5 Å². The minimum Gasteiger partial charge on any atom is -0.325 e. The van der Waals surface area contributed by atoms with E-state index < -0.39 is 0 Å². The van der Waals surface area contributed by atoms with Gasteiger partial charge in [0.05, 0.1) is 5.69 Å². The van der Waals surface area contributed by atoms with Crippen LogP contribution in [0.2, 0.25) is 0 Å². The van der Waals surface area contributed by atoms with E-state index in [4.69, 9.17) is 0 Å². The minimum absolute atomic E-state index is 0.0397. The van der Waals surface area contributed by atoms with E-state index in [1.807, 2.05) is 54.7 Å². The van der Waals surface area contributed by atoms with Crippen molar-refractivity contribution < 1.29 is 9.59 Å². The Labute approximate surface area is 182 Å². The Morgan fingerprint density at radius 3 is 2.65 bits per heavy atom. The Hall–Kier alpha value is -3.51. The SMILES string of the molecule is C=CC(=O)Nc1cccc(-c2cc3c(NC(=O)C4CCN(C)CC4)cccc3cn2)c1. The summed E-state index contributed by atoms with van der Waals surface area (Å²) in [4.78, 5) is 31.3. The number of benzene rings is 2. The van der Waals surface area contributed by atoms with Gasteiger partial charge in [-0.05, 0) is 63.3 Å². The lowest BCUT2D eigenvalue weighted by Crippen LogP contribution is -2.35. The fourth-order valence-corrected chi connectivity index (χ4v) is 3.89. The molecule has 0 spiro atoms. The van der Waals surface area contributed by atoms with Crippen molar-refractivity contribution in [3.63, 3.8) is 0 Å². The fraction of sp³-hybridized carbons (Fsp3) is 0.240. The van der Waals surface area contributed by atoms with Crippen LogP contribution in [0.25, 0.3) is 22.0 Å². The molecular formula is C25H26N4O2. The molecule has 1 aliphatic rings. The van der Waals surface area contributed by atoms with Crippen LogP contribution in [-0.4, -0.2) is 41.8 Å². The van der Waals surface area contributed by atoms with Gasteiger partial charge in [0.2, 0.25) is 11.8 Å². The normalized spacial score (nSPS) is 14.9. The van der Waals surface area contributed by atoms with Gasteiger partial charge in [-0.15, -0.1) is 0 Å². The second-order valence-corrected chi connectivity index (χ2v) is 7.94. The molecule has 1 saturated heterocycles. The zero-order chi connectivity index (χ0) is 21.8. The van der Waals surface area contributed by atoms with Gasteiger partial charge in [0.25, 0.3) is 0 Å². The molecule has 2 N–H and O–H groups in total. The molecule has 6 heteroatoms. The predicted molar refractivity (Wildman–Crippen MR) is 125 cm³/mol. The number of nitrogens with zero attached hydrogens (tertiary/aromatic N) is 2. The first-order chi connectivity index (χ1) is 15.0. The molecule has 2 amide bonds. The van der Waals surface area contributed by atoms with E-state index in [1.165, 1.54) is 6.08 Å². The van der Waals surface area contributed by atoms with Gasteiger partial charge in [-0.3, -0.25) is 14.6 Å². The van der Waals surface area contributed by atoms with Crippen LogP contribution in [-0.2, 0) is 9.59 Å². The minimum atomic E-state index is -0.262. The van der Waals surface area contributed by atoms with Crippen molar-refractivity contribution >= 4 is 34.0 Å². The van der Waals surface area contributed by atoms with Crippen LogP contribution >= 0.6 is 0 Å². The molecule has 0 atom stereocenters. The highest BCUT2D eigenvalue weighted by Crippen LogP contribution is 2.29. The van der Waals surface area contributed by atoms with Crippen LogP contribution in [0.4, 0.5) is 11.4 Å².